The van der Waals surface area contributed by atoms with Crippen molar-refractivity contribution >= 4 is 32.4 Å². The topological polar surface area (TPSA) is 84.4 Å². The third-order valence-corrected chi connectivity index (χ3v) is 6.09. The lowest BCUT2D eigenvalue weighted by molar-refractivity contribution is 0.387. The molecule has 0 saturated carbocycles. The van der Waals surface area contributed by atoms with Crippen LogP contribution in [0.1, 0.15) is 5.56 Å². The Labute approximate surface area is 155 Å². The molecule has 0 aliphatic carbocycles. The zero-order valence-corrected chi connectivity index (χ0v) is 15.5. The Balaban J connectivity index is 1.89. The molecule has 0 saturated heterocycles. The fourth-order valence-electron chi connectivity index (χ4n) is 3.28. The summed E-state index contributed by atoms with van der Waals surface area (Å²) in [6.45, 7) is 0.629. The maximum absolute atomic E-state index is 14.0. The zero-order valence-electron chi connectivity index (χ0n) is 14.7. The number of hydrogen-bond acceptors (Lipinski definition) is 6. The number of hydrogen-bond donors (Lipinski definition) is 1. The van der Waals surface area contributed by atoms with E-state index in [0.29, 0.717) is 23.3 Å². The summed E-state index contributed by atoms with van der Waals surface area (Å²) in [6.07, 6.45) is 2.12. The predicted molar refractivity (Wildman–Crippen MR) is 99.4 cm³/mol. The Morgan fingerprint density at radius 2 is 2.04 bits per heavy atom. The number of rotatable bonds is 4. The van der Waals surface area contributed by atoms with Crippen LogP contribution < -0.4 is 14.4 Å². The second kappa shape index (κ2) is 6.43. The Kier molecular flexibility index (Phi) is 4.20. The molecule has 0 bridgehead atoms. The van der Waals surface area contributed by atoms with Crippen molar-refractivity contribution in [3.05, 3.63) is 48.0 Å². The molecule has 4 rings (SSSR count). The molecule has 9 heteroatoms. The van der Waals surface area contributed by atoms with Crippen LogP contribution in [0.3, 0.4) is 0 Å². The van der Waals surface area contributed by atoms with E-state index in [9.17, 15) is 12.8 Å². The van der Waals surface area contributed by atoms with Crippen LogP contribution in [0.15, 0.2) is 41.6 Å². The predicted octanol–water partition coefficient (Wildman–Crippen LogP) is 2.38. The van der Waals surface area contributed by atoms with E-state index in [0.717, 1.165) is 17.7 Å². The number of nitrogens with one attached hydrogen (secondary N) is 1. The Morgan fingerprint density at radius 1 is 1.22 bits per heavy atom. The van der Waals surface area contributed by atoms with E-state index in [1.807, 2.05) is 11.0 Å². The molecular weight excluding hydrogens is 371 g/mol. The van der Waals surface area contributed by atoms with Crippen molar-refractivity contribution in [2.24, 2.45) is 0 Å². The van der Waals surface area contributed by atoms with Crippen LogP contribution in [0.2, 0.25) is 0 Å². The van der Waals surface area contributed by atoms with Crippen LogP contribution in [-0.2, 0) is 16.4 Å². The van der Waals surface area contributed by atoms with Gasteiger partial charge in [0, 0.05) is 23.7 Å². The number of benzene rings is 2. The standard InChI is InChI=1S/C18H17FN4O3S/c1-20-27(24,25)12-4-3-11-5-6-23(16(11)7-12)18-13-8-17(26-2)14(19)9-15(13)21-10-22-18/h3-4,7-10,20H,5-6H2,1-2H3. The fraction of sp³-hybridized carbons (Fsp3) is 0.222. The van der Waals surface area contributed by atoms with Crippen LogP contribution in [0.4, 0.5) is 15.9 Å². The van der Waals surface area contributed by atoms with Gasteiger partial charge in [-0.25, -0.2) is 27.5 Å². The minimum atomic E-state index is -3.56. The molecule has 27 heavy (non-hydrogen) atoms. The maximum atomic E-state index is 14.0. The van der Waals surface area contributed by atoms with E-state index >= 15 is 0 Å². The summed E-state index contributed by atoms with van der Waals surface area (Å²) >= 11 is 0. The normalized spacial score (nSPS) is 13.8. The van der Waals surface area contributed by atoms with Gasteiger partial charge in [0.2, 0.25) is 10.0 Å². The molecule has 0 atom stereocenters. The molecule has 0 spiro atoms. The first-order valence-corrected chi connectivity index (χ1v) is 9.75. The molecular formula is C18H17FN4O3S. The lowest BCUT2D eigenvalue weighted by Gasteiger charge is -2.20. The van der Waals surface area contributed by atoms with Gasteiger partial charge >= 0.3 is 0 Å². The minimum absolute atomic E-state index is 0.101. The van der Waals surface area contributed by atoms with Gasteiger partial charge in [-0.3, -0.25) is 0 Å². The second-order valence-corrected chi connectivity index (χ2v) is 7.99. The van der Waals surface area contributed by atoms with E-state index in [-0.39, 0.29) is 10.6 Å². The van der Waals surface area contributed by atoms with E-state index in [1.165, 1.54) is 26.6 Å². The van der Waals surface area contributed by atoms with Crippen molar-refractivity contribution in [1.29, 1.82) is 0 Å². The number of ether oxygens (including phenoxy) is 1. The van der Waals surface area contributed by atoms with Crippen molar-refractivity contribution < 1.29 is 17.5 Å². The molecule has 1 N–H and O–H groups in total. The summed E-state index contributed by atoms with van der Waals surface area (Å²) < 4.78 is 45.8. The zero-order chi connectivity index (χ0) is 19.2. The van der Waals surface area contributed by atoms with Crippen molar-refractivity contribution in [3.63, 3.8) is 0 Å². The summed E-state index contributed by atoms with van der Waals surface area (Å²) in [7, 11) is -0.793. The van der Waals surface area contributed by atoms with Crippen LogP contribution >= 0.6 is 0 Å². The molecule has 0 amide bonds. The van der Waals surface area contributed by atoms with Crippen LogP contribution in [0.5, 0.6) is 5.75 Å². The van der Waals surface area contributed by atoms with Crippen molar-refractivity contribution in [2.75, 3.05) is 25.6 Å². The third-order valence-electron chi connectivity index (χ3n) is 4.67. The molecule has 0 radical (unpaired) electrons. The SMILES string of the molecule is CNS(=O)(=O)c1ccc2c(c1)N(c1ncnc3cc(F)c(OC)cc13)CC2. The average Bonchev–Trinajstić information content (AvgIpc) is 3.10. The molecule has 0 unspecified atom stereocenters. The molecule has 2 heterocycles. The monoisotopic (exact) mass is 388 g/mol. The van der Waals surface area contributed by atoms with E-state index in [1.54, 1.807) is 18.2 Å². The van der Waals surface area contributed by atoms with Crippen LogP contribution in [0.25, 0.3) is 10.9 Å². The lowest BCUT2D eigenvalue weighted by Crippen LogP contribution is -2.19. The molecule has 1 aliphatic heterocycles. The number of fused-ring (bicyclic) bond motifs is 2. The smallest absolute Gasteiger partial charge is 0.240 e. The number of anilines is 2. The van der Waals surface area contributed by atoms with Gasteiger partial charge in [0.15, 0.2) is 11.6 Å². The summed E-state index contributed by atoms with van der Waals surface area (Å²) in [5.74, 6) is 0.180. The van der Waals surface area contributed by atoms with Crippen molar-refractivity contribution in [3.8, 4) is 5.75 Å². The van der Waals surface area contributed by atoms with Gasteiger partial charge in [0.05, 0.1) is 17.5 Å². The lowest BCUT2D eigenvalue weighted by atomic mass is 10.1. The Morgan fingerprint density at radius 3 is 2.78 bits per heavy atom. The second-order valence-electron chi connectivity index (χ2n) is 6.10. The number of aromatic nitrogens is 2. The largest absolute Gasteiger partial charge is 0.494 e. The van der Waals surface area contributed by atoms with Gasteiger partial charge in [-0.1, -0.05) is 6.07 Å². The Bertz CT molecular complexity index is 1150. The number of halogens is 1. The first-order valence-electron chi connectivity index (χ1n) is 8.27. The highest BCUT2D eigenvalue weighted by Crippen LogP contribution is 2.38. The summed E-state index contributed by atoms with van der Waals surface area (Å²) in [6, 6.07) is 7.89. The number of nitrogens with zero attached hydrogens (tertiary/aromatic N) is 3. The van der Waals surface area contributed by atoms with Gasteiger partial charge in [-0.2, -0.15) is 0 Å². The van der Waals surface area contributed by atoms with Gasteiger partial charge in [-0.15, -0.1) is 0 Å². The molecule has 7 nitrogen and oxygen atoms in total. The van der Waals surface area contributed by atoms with Gasteiger partial charge in [-0.05, 0) is 37.2 Å². The van der Waals surface area contributed by atoms with Crippen LogP contribution in [0, 0.1) is 5.82 Å². The highest BCUT2D eigenvalue weighted by Gasteiger charge is 2.26. The molecule has 140 valence electrons. The molecule has 2 aromatic carbocycles. The first-order chi connectivity index (χ1) is 12.9. The molecule has 1 aliphatic rings. The molecule has 0 fully saturated rings. The number of methoxy groups -OCH3 is 1. The average molecular weight is 388 g/mol. The quantitative estimate of drug-likeness (QED) is 0.739. The van der Waals surface area contributed by atoms with E-state index < -0.39 is 15.8 Å². The fourth-order valence-corrected chi connectivity index (χ4v) is 4.03. The van der Waals surface area contributed by atoms with Crippen LogP contribution in [-0.4, -0.2) is 39.1 Å². The summed E-state index contributed by atoms with van der Waals surface area (Å²) in [5.41, 5.74) is 2.23. The minimum Gasteiger partial charge on any atom is -0.494 e. The van der Waals surface area contributed by atoms with Gasteiger partial charge in [0.1, 0.15) is 12.1 Å². The maximum Gasteiger partial charge on any atom is 0.240 e. The highest BCUT2D eigenvalue weighted by atomic mass is 32.2. The van der Waals surface area contributed by atoms with Crippen molar-refractivity contribution in [2.45, 2.75) is 11.3 Å². The van der Waals surface area contributed by atoms with Gasteiger partial charge in [0.25, 0.3) is 0 Å². The third kappa shape index (κ3) is 2.88. The molecule has 1 aromatic heterocycles. The van der Waals surface area contributed by atoms with E-state index in [4.69, 9.17) is 4.74 Å². The summed E-state index contributed by atoms with van der Waals surface area (Å²) in [5, 5.41) is 0.630. The molecule has 3 aromatic rings. The van der Waals surface area contributed by atoms with E-state index in [2.05, 4.69) is 14.7 Å². The highest BCUT2D eigenvalue weighted by molar-refractivity contribution is 7.89. The van der Waals surface area contributed by atoms with Crippen molar-refractivity contribution in [1.82, 2.24) is 14.7 Å². The van der Waals surface area contributed by atoms with Gasteiger partial charge < -0.3 is 9.64 Å². The number of sulfonamides is 1. The Hall–Kier alpha value is -2.78. The summed E-state index contributed by atoms with van der Waals surface area (Å²) in [4.78, 5) is 10.6. The first kappa shape index (κ1) is 17.6.